The number of rotatable bonds is 3. The molecule has 1 atom stereocenters. The minimum Gasteiger partial charge on any atom is -0.454 e. The smallest absolute Gasteiger partial charge is 0.252 e. The Hall–Kier alpha value is -2.28. The van der Waals surface area contributed by atoms with Gasteiger partial charge in [0, 0.05) is 18.5 Å². The monoisotopic (exact) mass is 334 g/mol. The van der Waals surface area contributed by atoms with Gasteiger partial charge in [0.05, 0.1) is 11.1 Å². The van der Waals surface area contributed by atoms with Crippen molar-refractivity contribution in [3.8, 4) is 11.5 Å². The van der Waals surface area contributed by atoms with E-state index in [1.807, 2.05) is 6.92 Å². The van der Waals surface area contributed by atoms with Crippen LogP contribution in [0.1, 0.15) is 41.4 Å². The van der Waals surface area contributed by atoms with Gasteiger partial charge in [0.15, 0.2) is 17.3 Å². The van der Waals surface area contributed by atoms with Crippen LogP contribution in [-0.2, 0) is 13.0 Å². The van der Waals surface area contributed by atoms with E-state index in [4.69, 9.17) is 21.1 Å². The van der Waals surface area contributed by atoms with E-state index in [-0.39, 0.29) is 18.7 Å². The highest BCUT2D eigenvalue weighted by molar-refractivity contribution is 6.32. The van der Waals surface area contributed by atoms with E-state index >= 15 is 0 Å². The molecular weight excluding hydrogens is 320 g/mol. The van der Waals surface area contributed by atoms with Gasteiger partial charge in [-0.2, -0.15) is 0 Å². The van der Waals surface area contributed by atoms with Gasteiger partial charge in [-0.05, 0) is 25.5 Å². The summed E-state index contributed by atoms with van der Waals surface area (Å²) in [7, 11) is 0. The predicted octanol–water partition coefficient (Wildman–Crippen LogP) is 2.10. The lowest BCUT2D eigenvalue weighted by Crippen LogP contribution is -2.28. The number of nitrogens with zero attached hydrogens (tertiary/aromatic N) is 3. The molecule has 4 rings (SSSR count). The van der Waals surface area contributed by atoms with E-state index in [1.54, 1.807) is 12.1 Å². The molecule has 1 aromatic heterocycles. The van der Waals surface area contributed by atoms with E-state index in [0.717, 1.165) is 31.0 Å². The summed E-state index contributed by atoms with van der Waals surface area (Å²) in [5, 5.41) is 11.6. The molecule has 1 aromatic carbocycles. The molecule has 1 N–H and O–H groups in total. The Labute approximate surface area is 137 Å². The van der Waals surface area contributed by atoms with Gasteiger partial charge in [-0.1, -0.05) is 11.6 Å². The second kappa shape index (κ2) is 5.42. The number of carbonyl (C=O) groups is 1. The molecule has 23 heavy (non-hydrogen) atoms. The number of ether oxygens (including phenoxy) is 2. The van der Waals surface area contributed by atoms with Crippen LogP contribution < -0.4 is 14.8 Å². The van der Waals surface area contributed by atoms with Crippen molar-refractivity contribution in [2.45, 2.75) is 32.4 Å². The maximum atomic E-state index is 12.5. The van der Waals surface area contributed by atoms with Crippen molar-refractivity contribution in [1.82, 2.24) is 20.1 Å². The van der Waals surface area contributed by atoms with Gasteiger partial charge in [-0.3, -0.25) is 4.79 Å². The summed E-state index contributed by atoms with van der Waals surface area (Å²) in [4.78, 5) is 12.5. The summed E-state index contributed by atoms with van der Waals surface area (Å²) in [6.45, 7) is 2.90. The van der Waals surface area contributed by atoms with Crippen LogP contribution in [0.4, 0.5) is 0 Å². The summed E-state index contributed by atoms with van der Waals surface area (Å²) < 4.78 is 12.6. The summed E-state index contributed by atoms with van der Waals surface area (Å²) >= 11 is 6.12. The first-order valence-corrected chi connectivity index (χ1v) is 7.83. The van der Waals surface area contributed by atoms with Crippen LogP contribution in [0.5, 0.6) is 11.5 Å². The lowest BCUT2D eigenvalue weighted by atomic mass is 10.1. The minimum atomic E-state index is -0.244. The molecule has 1 amide bonds. The Morgan fingerprint density at radius 3 is 3.13 bits per heavy atom. The van der Waals surface area contributed by atoms with Gasteiger partial charge in [0.1, 0.15) is 5.82 Å². The zero-order chi connectivity index (χ0) is 16.0. The third-order valence-electron chi connectivity index (χ3n) is 4.06. The van der Waals surface area contributed by atoms with Crippen LogP contribution in [0.25, 0.3) is 0 Å². The SMILES string of the molecule is C[C@H](NC(=O)c1cc(Cl)c2c(c1)OCO2)c1nnc2n1CCC2. The topological polar surface area (TPSA) is 78.3 Å². The number of fused-ring (bicyclic) bond motifs is 2. The van der Waals surface area contributed by atoms with Crippen molar-refractivity contribution in [3.05, 3.63) is 34.4 Å². The number of aryl methyl sites for hydroxylation is 1. The third-order valence-corrected chi connectivity index (χ3v) is 4.34. The number of nitrogens with one attached hydrogen (secondary N) is 1. The van der Waals surface area contributed by atoms with Crippen LogP contribution in [-0.4, -0.2) is 27.5 Å². The molecule has 2 aliphatic heterocycles. The van der Waals surface area contributed by atoms with E-state index in [1.165, 1.54) is 0 Å². The zero-order valence-corrected chi connectivity index (χ0v) is 13.3. The fourth-order valence-corrected chi connectivity index (χ4v) is 3.20. The average molecular weight is 335 g/mol. The van der Waals surface area contributed by atoms with E-state index < -0.39 is 0 Å². The number of amides is 1. The van der Waals surface area contributed by atoms with Crippen LogP contribution in [0.15, 0.2) is 12.1 Å². The molecule has 2 aromatic rings. The first kappa shape index (κ1) is 14.3. The molecule has 0 saturated carbocycles. The molecule has 2 aliphatic rings. The first-order chi connectivity index (χ1) is 11.1. The number of hydrogen-bond donors (Lipinski definition) is 1. The maximum Gasteiger partial charge on any atom is 0.252 e. The van der Waals surface area contributed by atoms with Crippen LogP contribution in [0.2, 0.25) is 5.02 Å². The third kappa shape index (κ3) is 2.41. The Morgan fingerprint density at radius 1 is 1.39 bits per heavy atom. The highest BCUT2D eigenvalue weighted by Gasteiger charge is 2.24. The van der Waals surface area contributed by atoms with Gasteiger partial charge in [-0.15, -0.1) is 10.2 Å². The number of aromatic nitrogens is 3. The molecule has 0 fully saturated rings. The second-order valence-electron chi connectivity index (χ2n) is 5.62. The molecule has 0 bridgehead atoms. The van der Waals surface area contributed by atoms with E-state index in [2.05, 4.69) is 20.1 Å². The molecule has 0 spiro atoms. The molecule has 0 aliphatic carbocycles. The minimum absolute atomic E-state index is 0.114. The Balaban J connectivity index is 1.55. The van der Waals surface area contributed by atoms with Crippen molar-refractivity contribution in [3.63, 3.8) is 0 Å². The zero-order valence-electron chi connectivity index (χ0n) is 12.5. The number of hydrogen-bond acceptors (Lipinski definition) is 5. The van der Waals surface area contributed by atoms with Crippen molar-refractivity contribution in [2.24, 2.45) is 0 Å². The van der Waals surface area contributed by atoms with Crippen molar-refractivity contribution in [2.75, 3.05) is 6.79 Å². The first-order valence-electron chi connectivity index (χ1n) is 7.45. The molecule has 7 nitrogen and oxygen atoms in total. The largest absolute Gasteiger partial charge is 0.454 e. The second-order valence-corrected chi connectivity index (χ2v) is 6.02. The summed E-state index contributed by atoms with van der Waals surface area (Å²) in [5.41, 5.74) is 0.423. The molecule has 0 saturated heterocycles. The predicted molar refractivity (Wildman–Crippen MR) is 81.8 cm³/mol. The fourth-order valence-electron chi connectivity index (χ4n) is 2.94. The number of benzene rings is 1. The Morgan fingerprint density at radius 2 is 2.26 bits per heavy atom. The quantitative estimate of drug-likeness (QED) is 0.930. The van der Waals surface area contributed by atoms with Gasteiger partial charge >= 0.3 is 0 Å². The summed E-state index contributed by atoms with van der Waals surface area (Å²) in [6, 6.07) is 2.96. The lowest BCUT2D eigenvalue weighted by Gasteiger charge is -2.14. The lowest BCUT2D eigenvalue weighted by molar-refractivity contribution is 0.0937. The molecule has 120 valence electrons. The Kier molecular flexibility index (Phi) is 3.37. The summed E-state index contributed by atoms with van der Waals surface area (Å²) in [6.07, 6.45) is 2.00. The highest BCUT2D eigenvalue weighted by atomic mass is 35.5. The molecule has 0 unspecified atom stereocenters. The normalized spacial score (nSPS) is 16.3. The van der Waals surface area contributed by atoms with Crippen LogP contribution >= 0.6 is 11.6 Å². The van der Waals surface area contributed by atoms with Crippen LogP contribution in [0.3, 0.4) is 0 Å². The Bertz CT molecular complexity index is 789. The van der Waals surface area contributed by atoms with Gasteiger partial charge in [0.2, 0.25) is 6.79 Å². The molecule has 3 heterocycles. The summed E-state index contributed by atoms with van der Waals surface area (Å²) in [5.74, 6) is 2.48. The molecular formula is C15H15ClN4O3. The van der Waals surface area contributed by atoms with E-state index in [0.29, 0.717) is 22.1 Å². The number of carbonyl (C=O) groups excluding carboxylic acids is 1. The standard InChI is InChI=1S/C15H15ClN4O3/c1-8(14-19-18-12-3-2-4-20(12)14)17-15(21)9-5-10(16)13-11(6-9)22-7-23-13/h5-6,8H,2-4,7H2,1H3,(H,17,21)/t8-/m0/s1. The van der Waals surface area contributed by atoms with Gasteiger partial charge in [0.25, 0.3) is 5.91 Å². The highest BCUT2D eigenvalue weighted by Crippen LogP contribution is 2.39. The number of halogens is 1. The average Bonchev–Trinajstić information content (AvgIpc) is 3.22. The van der Waals surface area contributed by atoms with E-state index in [9.17, 15) is 4.79 Å². The fraction of sp³-hybridized carbons (Fsp3) is 0.400. The maximum absolute atomic E-state index is 12.5. The van der Waals surface area contributed by atoms with Gasteiger partial charge in [-0.25, -0.2) is 0 Å². The molecule has 8 heteroatoms. The van der Waals surface area contributed by atoms with Crippen LogP contribution in [0, 0.1) is 0 Å². The van der Waals surface area contributed by atoms with Crippen molar-refractivity contribution in [1.29, 1.82) is 0 Å². The van der Waals surface area contributed by atoms with Gasteiger partial charge < -0.3 is 19.4 Å². The van der Waals surface area contributed by atoms with Crippen molar-refractivity contribution < 1.29 is 14.3 Å². The van der Waals surface area contributed by atoms with Crippen molar-refractivity contribution >= 4 is 17.5 Å². The molecule has 0 radical (unpaired) electrons.